The predicted molar refractivity (Wildman–Crippen MR) is 85.7 cm³/mol. The average Bonchev–Trinajstić information content (AvgIpc) is 2.55. The number of anilines is 2. The number of nitrogens with zero attached hydrogens (tertiary/aromatic N) is 1. The first-order valence-corrected chi connectivity index (χ1v) is 6.98. The second-order valence-corrected chi connectivity index (χ2v) is 4.67. The average molecular weight is 298 g/mol. The number of nitrogens with one attached hydrogen (secondary N) is 2. The Morgan fingerprint density at radius 2 is 2.05 bits per heavy atom. The maximum atomic E-state index is 12.1. The zero-order chi connectivity index (χ0) is 15.9. The summed E-state index contributed by atoms with van der Waals surface area (Å²) in [5.41, 5.74) is 8.01. The molecule has 6 nitrogen and oxygen atoms in total. The van der Waals surface area contributed by atoms with Crippen LogP contribution in [0.25, 0.3) is 0 Å². The van der Waals surface area contributed by atoms with Gasteiger partial charge >= 0.3 is 0 Å². The zero-order valence-electron chi connectivity index (χ0n) is 12.3. The molecule has 1 aromatic heterocycles. The van der Waals surface area contributed by atoms with Gasteiger partial charge in [-0.2, -0.15) is 0 Å². The lowest BCUT2D eigenvalue weighted by atomic mass is 10.1. The molecule has 0 atom stereocenters. The third kappa shape index (κ3) is 3.89. The van der Waals surface area contributed by atoms with E-state index in [0.29, 0.717) is 16.9 Å². The van der Waals surface area contributed by atoms with Gasteiger partial charge in [0.05, 0.1) is 12.1 Å². The molecule has 0 aliphatic heterocycles. The fourth-order valence-electron chi connectivity index (χ4n) is 1.98. The molecule has 0 spiro atoms. The van der Waals surface area contributed by atoms with E-state index in [1.165, 1.54) is 6.20 Å². The Kier molecular flexibility index (Phi) is 5.21. The van der Waals surface area contributed by atoms with Gasteiger partial charge in [0, 0.05) is 23.8 Å². The highest BCUT2D eigenvalue weighted by molar-refractivity contribution is 6.04. The number of carbonyl (C=O) groups is 2. The lowest BCUT2D eigenvalue weighted by Crippen LogP contribution is -2.22. The quantitative estimate of drug-likeness (QED) is 0.784. The van der Waals surface area contributed by atoms with Crippen LogP contribution in [0, 0.1) is 0 Å². The summed E-state index contributed by atoms with van der Waals surface area (Å²) in [7, 11) is 0. The van der Waals surface area contributed by atoms with Crippen LogP contribution >= 0.6 is 0 Å². The number of amides is 2. The van der Waals surface area contributed by atoms with Gasteiger partial charge in [0.1, 0.15) is 0 Å². The zero-order valence-corrected chi connectivity index (χ0v) is 12.3. The minimum absolute atomic E-state index is 0.0879. The Bertz CT molecular complexity index is 671. The standard InChI is InChI=1S/C16H18N4O2/c1-2-11-5-6-13(8-14(11)20-15(21)9-17)19-16(22)12-4-3-7-18-10-12/h3-8,10H,2,9,17H2,1H3,(H,19,22)(H,20,21). The summed E-state index contributed by atoms with van der Waals surface area (Å²) in [4.78, 5) is 27.5. The van der Waals surface area contributed by atoms with Crippen LogP contribution in [0.5, 0.6) is 0 Å². The minimum Gasteiger partial charge on any atom is -0.325 e. The van der Waals surface area contributed by atoms with E-state index < -0.39 is 0 Å². The van der Waals surface area contributed by atoms with Crippen LogP contribution in [0.4, 0.5) is 11.4 Å². The van der Waals surface area contributed by atoms with Gasteiger partial charge < -0.3 is 16.4 Å². The molecule has 2 rings (SSSR count). The number of benzene rings is 1. The highest BCUT2D eigenvalue weighted by Gasteiger charge is 2.09. The fraction of sp³-hybridized carbons (Fsp3) is 0.188. The Balaban J connectivity index is 2.19. The van der Waals surface area contributed by atoms with Crippen molar-refractivity contribution in [1.29, 1.82) is 0 Å². The molecule has 0 radical (unpaired) electrons. The molecular weight excluding hydrogens is 280 g/mol. The van der Waals surface area contributed by atoms with Crippen molar-refractivity contribution in [1.82, 2.24) is 4.98 Å². The number of aryl methyl sites for hydroxylation is 1. The minimum atomic E-state index is -0.273. The monoisotopic (exact) mass is 298 g/mol. The van der Waals surface area contributed by atoms with Gasteiger partial charge in [-0.25, -0.2) is 0 Å². The van der Waals surface area contributed by atoms with Crippen molar-refractivity contribution < 1.29 is 9.59 Å². The molecule has 114 valence electrons. The SMILES string of the molecule is CCc1ccc(NC(=O)c2cccnc2)cc1NC(=O)CN. The van der Waals surface area contributed by atoms with E-state index in [1.54, 1.807) is 30.5 Å². The van der Waals surface area contributed by atoms with Gasteiger partial charge in [0.25, 0.3) is 5.91 Å². The first-order valence-electron chi connectivity index (χ1n) is 6.98. The van der Waals surface area contributed by atoms with E-state index in [1.807, 2.05) is 13.0 Å². The van der Waals surface area contributed by atoms with E-state index in [4.69, 9.17) is 5.73 Å². The molecule has 2 aromatic rings. The molecule has 1 aromatic carbocycles. The summed E-state index contributed by atoms with van der Waals surface area (Å²) in [6.45, 7) is 1.90. The molecule has 4 N–H and O–H groups in total. The summed E-state index contributed by atoms with van der Waals surface area (Å²) in [5, 5.41) is 5.52. The number of hydrogen-bond acceptors (Lipinski definition) is 4. The van der Waals surface area contributed by atoms with Crippen molar-refractivity contribution in [3.8, 4) is 0 Å². The summed E-state index contributed by atoms with van der Waals surface area (Å²) in [6, 6.07) is 8.76. The van der Waals surface area contributed by atoms with Crippen molar-refractivity contribution in [2.24, 2.45) is 5.73 Å². The number of carbonyl (C=O) groups excluding carboxylic acids is 2. The third-order valence-electron chi connectivity index (χ3n) is 3.13. The largest absolute Gasteiger partial charge is 0.325 e. The van der Waals surface area contributed by atoms with Gasteiger partial charge in [-0.1, -0.05) is 13.0 Å². The van der Waals surface area contributed by atoms with Crippen LogP contribution in [0.3, 0.4) is 0 Å². The van der Waals surface area contributed by atoms with Gasteiger partial charge in [0.15, 0.2) is 0 Å². The van der Waals surface area contributed by atoms with Gasteiger partial charge in [-0.05, 0) is 36.2 Å². The lowest BCUT2D eigenvalue weighted by Gasteiger charge is -2.12. The normalized spacial score (nSPS) is 10.1. The lowest BCUT2D eigenvalue weighted by molar-refractivity contribution is -0.114. The Morgan fingerprint density at radius 1 is 1.23 bits per heavy atom. The van der Waals surface area contributed by atoms with Crippen LogP contribution in [0.1, 0.15) is 22.8 Å². The molecule has 2 amide bonds. The molecule has 22 heavy (non-hydrogen) atoms. The second kappa shape index (κ2) is 7.33. The van der Waals surface area contributed by atoms with Crippen molar-refractivity contribution >= 4 is 23.2 Å². The Morgan fingerprint density at radius 3 is 2.68 bits per heavy atom. The molecule has 1 heterocycles. The molecule has 0 aliphatic carbocycles. The van der Waals surface area contributed by atoms with Crippen molar-refractivity contribution in [3.05, 3.63) is 53.9 Å². The van der Waals surface area contributed by atoms with Crippen molar-refractivity contribution in [3.63, 3.8) is 0 Å². The Labute approximate surface area is 128 Å². The molecule has 0 fully saturated rings. The third-order valence-corrected chi connectivity index (χ3v) is 3.13. The van der Waals surface area contributed by atoms with E-state index >= 15 is 0 Å². The number of hydrogen-bond donors (Lipinski definition) is 3. The van der Waals surface area contributed by atoms with Crippen LogP contribution in [0.15, 0.2) is 42.7 Å². The van der Waals surface area contributed by atoms with E-state index in [0.717, 1.165) is 12.0 Å². The maximum absolute atomic E-state index is 12.1. The molecule has 0 aliphatic rings. The molecule has 6 heteroatoms. The molecule has 0 saturated carbocycles. The van der Waals surface area contributed by atoms with Crippen LogP contribution in [-0.4, -0.2) is 23.3 Å². The van der Waals surface area contributed by atoms with Crippen molar-refractivity contribution in [2.45, 2.75) is 13.3 Å². The summed E-state index contributed by atoms with van der Waals surface area (Å²) >= 11 is 0. The first kappa shape index (κ1) is 15.7. The van der Waals surface area contributed by atoms with Gasteiger partial charge in [0.2, 0.25) is 5.91 Å². The fourth-order valence-corrected chi connectivity index (χ4v) is 1.98. The first-order chi connectivity index (χ1) is 10.6. The van der Waals surface area contributed by atoms with E-state index in [-0.39, 0.29) is 18.4 Å². The van der Waals surface area contributed by atoms with Crippen LogP contribution in [-0.2, 0) is 11.2 Å². The van der Waals surface area contributed by atoms with Crippen LogP contribution < -0.4 is 16.4 Å². The molecule has 0 unspecified atom stereocenters. The number of rotatable bonds is 5. The number of pyridine rings is 1. The molecular formula is C16H18N4O2. The highest BCUT2D eigenvalue weighted by Crippen LogP contribution is 2.22. The maximum Gasteiger partial charge on any atom is 0.257 e. The Hall–Kier alpha value is -2.73. The van der Waals surface area contributed by atoms with Gasteiger partial charge in [-0.3, -0.25) is 14.6 Å². The molecule has 0 bridgehead atoms. The van der Waals surface area contributed by atoms with E-state index in [2.05, 4.69) is 15.6 Å². The highest BCUT2D eigenvalue weighted by atomic mass is 16.2. The summed E-state index contributed by atoms with van der Waals surface area (Å²) in [6.07, 6.45) is 3.86. The number of nitrogens with two attached hydrogens (primary N) is 1. The van der Waals surface area contributed by atoms with Gasteiger partial charge in [-0.15, -0.1) is 0 Å². The number of aromatic nitrogens is 1. The summed E-state index contributed by atoms with van der Waals surface area (Å²) in [5.74, 6) is -0.529. The predicted octanol–water partition coefficient (Wildman–Crippen LogP) is 1.79. The van der Waals surface area contributed by atoms with Crippen LogP contribution in [0.2, 0.25) is 0 Å². The summed E-state index contributed by atoms with van der Waals surface area (Å²) < 4.78 is 0. The topological polar surface area (TPSA) is 97.1 Å². The smallest absolute Gasteiger partial charge is 0.257 e. The van der Waals surface area contributed by atoms with Crippen molar-refractivity contribution in [2.75, 3.05) is 17.2 Å². The second-order valence-electron chi connectivity index (χ2n) is 4.67. The molecule has 0 saturated heterocycles. The van der Waals surface area contributed by atoms with E-state index in [9.17, 15) is 9.59 Å².